The van der Waals surface area contributed by atoms with E-state index in [1.54, 1.807) is 0 Å². The van der Waals surface area contributed by atoms with Crippen LogP contribution in [-0.4, -0.2) is 193 Å². The van der Waals surface area contributed by atoms with Crippen LogP contribution < -0.4 is 5.32 Å². The van der Waals surface area contributed by atoms with E-state index >= 15 is 0 Å². The number of aliphatic hydroxyl groups is 11. The SMILES string of the molecule is CC/C=C\C/C=C\C/C=C\C/C=C\C/C=C\C/C=C\C/C=C\CCCCCCCCCCCCCCCCCCCC(=O)NC(COC1OC(CO)C(OC2OC(CO)C(OC3OC(CO)C(O)C(O)C3O)C(O)C2O)C(O)C1O)C(O)CCCCCCCCCCCCCCCCCCCCCCC. The van der Waals surface area contributed by atoms with Crippen LogP contribution in [0.4, 0.5) is 0 Å². The minimum atomic E-state index is -1.97. The average molecular weight is 1490 g/mol. The van der Waals surface area contributed by atoms with E-state index in [2.05, 4.69) is 104 Å². The summed E-state index contributed by atoms with van der Waals surface area (Å²) < 4.78 is 34.5. The smallest absolute Gasteiger partial charge is 0.220 e. The highest BCUT2D eigenvalue weighted by Crippen LogP contribution is 2.33. The number of rotatable bonds is 67. The number of aliphatic hydroxyl groups excluding tert-OH is 11. The first-order chi connectivity index (χ1) is 51.3. The lowest BCUT2D eigenvalue weighted by Crippen LogP contribution is -2.66. The average Bonchev–Trinajstić information content (AvgIpc) is 0.780. The maximum Gasteiger partial charge on any atom is 0.220 e. The van der Waals surface area contributed by atoms with Gasteiger partial charge in [-0.05, 0) is 70.6 Å². The molecule has 3 aliphatic heterocycles. The van der Waals surface area contributed by atoms with Gasteiger partial charge in [-0.3, -0.25) is 4.79 Å². The van der Waals surface area contributed by atoms with Gasteiger partial charge < -0.3 is 89.9 Å². The summed E-state index contributed by atoms with van der Waals surface area (Å²) in [5.41, 5.74) is 0. The van der Waals surface area contributed by atoms with Crippen LogP contribution in [0.1, 0.15) is 322 Å². The molecule has 17 unspecified atom stereocenters. The fourth-order valence-electron chi connectivity index (χ4n) is 14.0. The van der Waals surface area contributed by atoms with Crippen LogP contribution in [-0.2, 0) is 33.2 Å². The second-order valence-corrected chi connectivity index (χ2v) is 29.9. The molecule has 19 nitrogen and oxygen atoms in total. The van der Waals surface area contributed by atoms with Crippen LogP contribution in [0.3, 0.4) is 0 Å². The molecule has 3 fully saturated rings. The van der Waals surface area contributed by atoms with E-state index in [1.165, 1.54) is 199 Å². The fraction of sp³-hybridized carbons (Fsp3) is 0.826. The van der Waals surface area contributed by atoms with Crippen molar-refractivity contribution >= 4 is 5.91 Å². The number of unbranched alkanes of at least 4 members (excludes halogenated alkanes) is 37. The minimum absolute atomic E-state index is 0.240. The van der Waals surface area contributed by atoms with E-state index in [4.69, 9.17) is 28.4 Å². The third-order valence-electron chi connectivity index (χ3n) is 20.7. The first-order valence-electron chi connectivity index (χ1n) is 42.3. The largest absolute Gasteiger partial charge is 0.394 e. The van der Waals surface area contributed by atoms with E-state index in [0.29, 0.717) is 12.8 Å². The molecule has 105 heavy (non-hydrogen) atoms. The first-order valence-corrected chi connectivity index (χ1v) is 42.3. The Morgan fingerprint density at radius 1 is 0.352 bits per heavy atom. The number of amides is 1. The number of ether oxygens (including phenoxy) is 6. The lowest BCUT2D eigenvalue weighted by molar-refractivity contribution is -0.379. The quantitative estimate of drug-likeness (QED) is 0.0199. The molecule has 0 spiro atoms. The normalized spacial score (nSPS) is 26.2. The Morgan fingerprint density at radius 2 is 0.657 bits per heavy atom. The van der Waals surface area contributed by atoms with Gasteiger partial charge in [0.05, 0.1) is 38.6 Å². The van der Waals surface area contributed by atoms with Crippen LogP contribution >= 0.6 is 0 Å². The predicted molar refractivity (Wildman–Crippen MR) is 420 cm³/mol. The van der Waals surface area contributed by atoms with Crippen molar-refractivity contribution in [3.8, 4) is 0 Å². The number of allylic oxidation sites excluding steroid dienone is 14. The van der Waals surface area contributed by atoms with Crippen LogP contribution in [0.25, 0.3) is 0 Å². The van der Waals surface area contributed by atoms with Gasteiger partial charge in [0.1, 0.15) is 73.2 Å². The van der Waals surface area contributed by atoms with Gasteiger partial charge in [-0.15, -0.1) is 0 Å². The van der Waals surface area contributed by atoms with E-state index in [9.17, 15) is 61.0 Å². The second-order valence-electron chi connectivity index (χ2n) is 29.9. The Bertz CT molecular complexity index is 2230. The van der Waals surface area contributed by atoms with Crippen molar-refractivity contribution < 1.29 is 89.4 Å². The van der Waals surface area contributed by atoms with E-state index in [-0.39, 0.29) is 18.9 Å². The molecule has 1 amide bonds. The summed E-state index contributed by atoms with van der Waals surface area (Å²) in [6.07, 6.45) is 61.0. The highest BCUT2D eigenvalue weighted by Gasteiger charge is 2.54. The van der Waals surface area contributed by atoms with Gasteiger partial charge in [0, 0.05) is 6.42 Å². The maximum absolute atomic E-state index is 13.5. The van der Waals surface area contributed by atoms with Crippen molar-refractivity contribution in [2.24, 2.45) is 0 Å². The second kappa shape index (κ2) is 65.7. The van der Waals surface area contributed by atoms with E-state index < -0.39 is 124 Å². The lowest BCUT2D eigenvalue weighted by Gasteiger charge is -2.48. The van der Waals surface area contributed by atoms with Gasteiger partial charge in [0.2, 0.25) is 5.91 Å². The molecule has 0 saturated carbocycles. The van der Waals surface area contributed by atoms with Crippen molar-refractivity contribution in [2.45, 2.75) is 426 Å². The molecule has 0 radical (unpaired) electrons. The zero-order valence-corrected chi connectivity index (χ0v) is 65.4. The molecule has 0 aromatic carbocycles. The zero-order chi connectivity index (χ0) is 76.0. The highest BCUT2D eigenvalue weighted by atomic mass is 16.8. The fourth-order valence-corrected chi connectivity index (χ4v) is 14.0. The number of hydrogen-bond donors (Lipinski definition) is 12. The number of nitrogens with one attached hydrogen (secondary N) is 1. The lowest BCUT2D eigenvalue weighted by atomic mass is 9.96. The third-order valence-corrected chi connectivity index (χ3v) is 20.7. The molecular formula is C86H153NO18. The Kier molecular flexibility index (Phi) is 60.1. The monoisotopic (exact) mass is 1490 g/mol. The summed E-state index contributed by atoms with van der Waals surface area (Å²) in [6.45, 7) is 1.72. The number of carbonyl (C=O) groups is 1. The molecular weight excluding hydrogens is 1330 g/mol. The van der Waals surface area contributed by atoms with Crippen molar-refractivity contribution in [3.05, 3.63) is 85.1 Å². The molecule has 0 aliphatic carbocycles. The van der Waals surface area contributed by atoms with Crippen LogP contribution in [0.15, 0.2) is 85.1 Å². The Morgan fingerprint density at radius 3 is 1.03 bits per heavy atom. The van der Waals surface area contributed by atoms with Gasteiger partial charge in [-0.25, -0.2) is 0 Å². The van der Waals surface area contributed by atoms with Crippen LogP contribution in [0.5, 0.6) is 0 Å². The van der Waals surface area contributed by atoms with Crippen molar-refractivity contribution in [3.63, 3.8) is 0 Å². The first kappa shape index (κ1) is 96.2. The van der Waals surface area contributed by atoms with E-state index in [1.807, 2.05) is 0 Å². The molecule has 19 heteroatoms. The molecule has 3 rings (SSSR count). The molecule has 17 atom stereocenters. The number of carbonyl (C=O) groups excluding carboxylic acids is 1. The summed E-state index contributed by atoms with van der Waals surface area (Å²) in [5.74, 6) is -0.240. The Balaban J connectivity index is 1.32. The minimum Gasteiger partial charge on any atom is -0.394 e. The topological polar surface area (TPSA) is 307 Å². The van der Waals surface area contributed by atoms with Crippen molar-refractivity contribution in [2.75, 3.05) is 26.4 Å². The van der Waals surface area contributed by atoms with Crippen LogP contribution in [0, 0.1) is 0 Å². The summed E-state index contributed by atoms with van der Waals surface area (Å²) in [5, 5.41) is 121. The van der Waals surface area contributed by atoms with Crippen molar-refractivity contribution in [1.82, 2.24) is 5.32 Å². The molecule has 3 heterocycles. The Hall–Kier alpha value is -3.03. The Labute approximate surface area is 635 Å². The molecule has 3 aliphatic rings. The molecule has 12 N–H and O–H groups in total. The van der Waals surface area contributed by atoms with Gasteiger partial charge in [-0.2, -0.15) is 0 Å². The predicted octanol–water partition coefficient (Wildman–Crippen LogP) is 15.0. The van der Waals surface area contributed by atoms with Crippen LogP contribution in [0.2, 0.25) is 0 Å². The van der Waals surface area contributed by atoms with Gasteiger partial charge in [0.15, 0.2) is 18.9 Å². The molecule has 610 valence electrons. The summed E-state index contributed by atoms with van der Waals surface area (Å²) >= 11 is 0. The summed E-state index contributed by atoms with van der Waals surface area (Å²) in [4.78, 5) is 13.5. The van der Waals surface area contributed by atoms with E-state index in [0.717, 1.165) is 89.9 Å². The van der Waals surface area contributed by atoms with Gasteiger partial charge in [-0.1, -0.05) is 330 Å². The standard InChI is InChI=1S/C86H153NO18/c1-3-5-7-9-11-13-15-17-19-21-23-25-26-27-28-29-30-31-32-33-34-35-36-37-38-39-40-41-42-44-46-48-50-52-54-56-58-60-62-64-74(92)87-69(70(91)63-61-59-57-55-53-51-49-47-45-43-24-22-20-18-16-14-12-10-8-6-4-2)68-100-84-80(98)77(95)82(72(66-89)102-84)105-86-81(99)78(96)83(73(67-90)103-86)104-85-79(97)76(94)75(93)71(65-88)101-85/h5,7,11,13,17,19,23,25,27-28,30-31,33-34,69-73,75-86,88-91,93-99H,3-4,6,8-10,12,14-16,18,20-22,24,26,29,32,35-68H2,1-2H3,(H,87,92)/b7-5-,13-11-,19-17-,25-23-,28-27-,31-30-,34-33-. The number of hydrogen-bond acceptors (Lipinski definition) is 18. The maximum atomic E-state index is 13.5. The molecule has 3 saturated heterocycles. The summed E-state index contributed by atoms with van der Waals surface area (Å²) in [7, 11) is 0. The van der Waals surface area contributed by atoms with Gasteiger partial charge in [0.25, 0.3) is 0 Å². The molecule has 0 aromatic heterocycles. The summed E-state index contributed by atoms with van der Waals surface area (Å²) in [6, 6.07) is -0.891. The molecule has 0 bridgehead atoms. The zero-order valence-electron chi connectivity index (χ0n) is 65.4. The highest BCUT2D eigenvalue weighted by molar-refractivity contribution is 5.76. The molecule has 0 aromatic rings. The third kappa shape index (κ3) is 45.2. The van der Waals surface area contributed by atoms with Crippen molar-refractivity contribution in [1.29, 1.82) is 0 Å². The van der Waals surface area contributed by atoms with Gasteiger partial charge >= 0.3 is 0 Å².